The highest BCUT2D eigenvalue weighted by Gasteiger charge is 2.45. The minimum atomic E-state index is -1.12. The van der Waals surface area contributed by atoms with Crippen molar-refractivity contribution < 1.29 is 19.5 Å². The van der Waals surface area contributed by atoms with Gasteiger partial charge in [-0.1, -0.05) is 42.6 Å². The topological polar surface area (TPSA) is 117 Å². The minimum Gasteiger partial charge on any atom is -0.478 e. The van der Waals surface area contributed by atoms with Gasteiger partial charge in [0.15, 0.2) is 0 Å². The molecule has 0 unspecified atom stereocenters. The molecule has 1 atom stereocenters. The van der Waals surface area contributed by atoms with Gasteiger partial charge < -0.3 is 25.2 Å². The summed E-state index contributed by atoms with van der Waals surface area (Å²) in [5, 5.41) is 16.6. The average molecular weight is 626 g/mol. The van der Waals surface area contributed by atoms with Gasteiger partial charge in [-0.05, 0) is 85.8 Å². The summed E-state index contributed by atoms with van der Waals surface area (Å²) in [7, 11) is 3.94. The van der Waals surface area contributed by atoms with Crippen LogP contribution >= 0.6 is 11.6 Å². The molecule has 1 saturated carbocycles. The number of carboxylic acids is 1. The maximum atomic E-state index is 13.8. The third kappa shape index (κ3) is 6.23. The van der Waals surface area contributed by atoms with Crippen LogP contribution in [0.25, 0.3) is 28.4 Å². The van der Waals surface area contributed by atoms with Crippen LogP contribution in [-0.2, 0) is 16.6 Å². The van der Waals surface area contributed by atoms with E-state index in [9.17, 15) is 14.4 Å². The molecule has 9 nitrogen and oxygen atoms in total. The number of likely N-dealkylation sites (N-methyl/N-ethyl adjacent to an activating group) is 1. The molecule has 2 aromatic carbocycles. The van der Waals surface area contributed by atoms with Crippen LogP contribution in [0, 0.1) is 0 Å². The largest absolute Gasteiger partial charge is 0.478 e. The zero-order valence-electron chi connectivity index (χ0n) is 25.3. The third-order valence-corrected chi connectivity index (χ3v) is 9.29. The van der Waals surface area contributed by atoms with Gasteiger partial charge in [0.05, 0.1) is 16.4 Å². The number of nitrogens with zero attached hydrogens (tertiary/aromatic N) is 3. The lowest BCUT2D eigenvalue weighted by Crippen LogP contribution is -2.58. The second-order valence-corrected chi connectivity index (χ2v) is 12.6. The number of halogens is 1. The number of carbonyl (C=O) groups is 3. The van der Waals surface area contributed by atoms with Crippen LogP contribution in [0.3, 0.4) is 0 Å². The van der Waals surface area contributed by atoms with Gasteiger partial charge in [0.1, 0.15) is 5.54 Å². The van der Waals surface area contributed by atoms with Crippen molar-refractivity contribution in [3.8, 4) is 11.4 Å². The van der Waals surface area contributed by atoms with Crippen LogP contribution in [0.4, 0.5) is 5.69 Å². The molecule has 45 heavy (non-hydrogen) atoms. The van der Waals surface area contributed by atoms with Gasteiger partial charge in [-0.25, -0.2) is 4.79 Å². The fraction of sp³-hybridized carbons (Fsp3) is 0.314. The summed E-state index contributed by atoms with van der Waals surface area (Å²) in [6, 6.07) is 16.5. The molecule has 232 valence electrons. The van der Waals surface area contributed by atoms with Crippen molar-refractivity contribution >= 4 is 52.1 Å². The molecule has 6 rings (SSSR count). The van der Waals surface area contributed by atoms with Crippen molar-refractivity contribution in [2.75, 3.05) is 25.5 Å². The molecule has 0 spiro atoms. The first-order chi connectivity index (χ1) is 21.6. The van der Waals surface area contributed by atoms with E-state index in [4.69, 9.17) is 16.7 Å². The number of aromatic nitrogens is 2. The number of fused-ring (bicyclic) bond motifs is 1. The van der Waals surface area contributed by atoms with Crippen LogP contribution in [0.15, 0.2) is 66.9 Å². The van der Waals surface area contributed by atoms with Crippen LogP contribution in [0.5, 0.6) is 0 Å². The Labute approximate surface area is 266 Å². The summed E-state index contributed by atoms with van der Waals surface area (Å²) in [4.78, 5) is 45.1. The standard InChI is InChI=1S/C35H36ClN5O4/c1-40-18-17-35(21-40,34(45)38-26-12-7-22(8-13-26)9-16-30(42)43)39-33(44)24-10-14-27-29(19-24)41(2)32(28-15-11-25(36)20-37-28)31(27)23-5-3-4-6-23/h7-16,19-20,23H,3-6,17-18,21H2,1-2H3,(H,38,45)(H,39,44)(H,42,43)/b16-9+/t35-/m0/s1. The quantitative estimate of drug-likeness (QED) is 0.204. The molecule has 4 aromatic rings. The van der Waals surface area contributed by atoms with E-state index in [1.54, 1.807) is 30.5 Å². The average Bonchev–Trinajstić information content (AvgIpc) is 3.76. The third-order valence-electron chi connectivity index (χ3n) is 9.07. The molecular formula is C35H36ClN5O4. The second-order valence-electron chi connectivity index (χ2n) is 12.2. The Morgan fingerprint density at radius 3 is 2.44 bits per heavy atom. The Balaban J connectivity index is 1.29. The van der Waals surface area contributed by atoms with Crippen LogP contribution in [0.2, 0.25) is 5.02 Å². The van der Waals surface area contributed by atoms with Gasteiger partial charge in [-0.2, -0.15) is 0 Å². The van der Waals surface area contributed by atoms with E-state index in [1.165, 1.54) is 24.5 Å². The summed E-state index contributed by atoms with van der Waals surface area (Å²) in [6.07, 6.45) is 9.30. The maximum Gasteiger partial charge on any atom is 0.328 e. The van der Waals surface area contributed by atoms with Crippen molar-refractivity contribution in [3.05, 3.63) is 88.6 Å². The number of carbonyl (C=O) groups excluding carboxylic acids is 2. The Morgan fingerprint density at radius 2 is 1.80 bits per heavy atom. The van der Waals surface area contributed by atoms with Crippen LogP contribution < -0.4 is 10.6 Å². The van der Waals surface area contributed by atoms with Crippen molar-refractivity contribution in [2.24, 2.45) is 7.05 Å². The molecular weight excluding hydrogens is 590 g/mol. The highest BCUT2D eigenvalue weighted by Crippen LogP contribution is 2.44. The Morgan fingerprint density at radius 1 is 1.04 bits per heavy atom. The molecule has 2 fully saturated rings. The molecule has 2 amide bonds. The van der Waals surface area contributed by atoms with Crippen molar-refractivity contribution in [1.82, 2.24) is 19.8 Å². The highest BCUT2D eigenvalue weighted by atomic mass is 35.5. The number of amides is 2. The monoisotopic (exact) mass is 625 g/mol. The molecule has 0 bridgehead atoms. The number of hydrogen-bond donors (Lipinski definition) is 3. The van der Waals surface area contributed by atoms with Gasteiger partial charge in [0, 0.05) is 54.6 Å². The first-order valence-corrected chi connectivity index (χ1v) is 15.6. The zero-order chi connectivity index (χ0) is 31.7. The lowest BCUT2D eigenvalue weighted by atomic mass is 9.92. The number of aryl methyl sites for hydroxylation is 1. The fourth-order valence-electron chi connectivity index (χ4n) is 6.79. The number of benzene rings is 2. The van der Waals surface area contributed by atoms with E-state index < -0.39 is 11.5 Å². The van der Waals surface area contributed by atoms with Gasteiger partial charge in [0.2, 0.25) is 0 Å². The van der Waals surface area contributed by atoms with Crippen LogP contribution in [0.1, 0.15) is 59.5 Å². The number of rotatable bonds is 8. The zero-order valence-corrected chi connectivity index (χ0v) is 26.1. The fourth-order valence-corrected chi connectivity index (χ4v) is 6.90. The predicted octanol–water partition coefficient (Wildman–Crippen LogP) is 6.09. The van der Waals surface area contributed by atoms with Gasteiger partial charge >= 0.3 is 5.97 Å². The summed E-state index contributed by atoms with van der Waals surface area (Å²) >= 11 is 6.16. The molecule has 3 heterocycles. The molecule has 3 N–H and O–H groups in total. The lowest BCUT2D eigenvalue weighted by Gasteiger charge is -2.29. The first-order valence-electron chi connectivity index (χ1n) is 15.2. The number of carboxylic acid groups (broad SMARTS) is 1. The van der Waals surface area contributed by atoms with Gasteiger partial charge in [-0.15, -0.1) is 0 Å². The predicted molar refractivity (Wildman–Crippen MR) is 176 cm³/mol. The Kier molecular flexibility index (Phi) is 8.48. The van der Waals surface area contributed by atoms with E-state index in [-0.39, 0.29) is 11.8 Å². The summed E-state index contributed by atoms with van der Waals surface area (Å²) in [5.41, 5.74) is 4.72. The van der Waals surface area contributed by atoms with E-state index in [1.807, 2.05) is 49.3 Å². The normalized spacial score (nSPS) is 19.0. The lowest BCUT2D eigenvalue weighted by molar-refractivity contribution is -0.131. The first kappa shape index (κ1) is 30.6. The number of likely N-dealkylation sites (tertiary alicyclic amines) is 1. The smallest absolute Gasteiger partial charge is 0.328 e. The highest BCUT2D eigenvalue weighted by molar-refractivity contribution is 6.30. The second kappa shape index (κ2) is 12.5. The Hall–Kier alpha value is -4.47. The van der Waals surface area contributed by atoms with Gasteiger partial charge in [-0.3, -0.25) is 14.6 Å². The van der Waals surface area contributed by atoms with E-state index in [2.05, 4.69) is 20.2 Å². The van der Waals surface area contributed by atoms with E-state index in [0.717, 1.165) is 41.2 Å². The molecule has 0 radical (unpaired) electrons. The SMILES string of the molecule is CN1CC[C@@](NC(=O)c2ccc3c(C4CCCC4)c(-c4ccc(Cl)cn4)n(C)c3c2)(C(=O)Nc2ccc(/C=C/C(=O)O)cc2)C1. The molecule has 1 aliphatic carbocycles. The van der Waals surface area contributed by atoms with Crippen LogP contribution in [-0.4, -0.2) is 63.0 Å². The summed E-state index contributed by atoms with van der Waals surface area (Å²) in [5.74, 6) is -1.22. The number of nitrogens with one attached hydrogen (secondary N) is 2. The molecule has 1 saturated heterocycles. The summed E-state index contributed by atoms with van der Waals surface area (Å²) in [6.45, 7) is 1.03. The van der Waals surface area contributed by atoms with Crippen molar-refractivity contribution in [3.63, 3.8) is 0 Å². The summed E-state index contributed by atoms with van der Waals surface area (Å²) < 4.78 is 2.12. The van der Waals surface area contributed by atoms with E-state index >= 15 is 0 Å². The van der Waals surface area contributed by atoms with E-state index in [0.29, 0.717) is 47.3 Å². The van der Waals surface area contributed by atoms with Crippen molar-refractivity contribution in [1.29, 1.82) is 0 Å². The number of hydrogen-bond acceptors (Lipinski definition) is 5. The maximum absolute atomic E-state index is 13.8. The number of aliphatic carboxylic acids is 1. The minimum absolute atomic E-state index is 0.298. The molecule has 2 aliphatic rings. The van der Waals surface area contributed by atoms with Gasteiger partial charge in [0.25, 0.3) is 11.8 Å². The van der Waals surface area contributed by atoms with Crippen molar-refractivity contribution in [2.45, 2.75) is 43.6 Å². The molecule has 10 heteroatoms. The molecule has 1 aliphatic heterocycles. The number of anilines is 1. The Bertz CT molecular complexity index is 1790. The molecule has 2 aromatic heterocycles. The number of pyridine rings is 1.